The molecule has 1 atom stereocenters. The topological polar surface area (TPSA) is 54.8 Å². The third kappa shape index (κ3) is 4.06. The van der Waals surface area contributed by atoms with Crippen molar-refractivity contribution < 1.29 is 23.4 Å². The van der Waals surface area contributed by atoms with Crippen LogP contribution in [0.25, 0.3) is 22.0 Å². The molecule has 7 heteroatoms. The fourth-order valence-electron chi connectivity index (χ4n) is 4.93. The van der Waals surface area contributed by atoms with E-state index in [9.17, 15) is 13.9 Å². The number of halogens is 2. The van der Waals surface area contributed by atoms with Crippen LogP contribution in [0.5, 0.6) is 17.2 Å². The quantitative estimate of drug-likeness (QED) is 0.400. The highest BCUT2D eigenvalue weighted by molar-refractivity contribution is 5.92. The highest BCUT2D eigenvalue weighted by Gasteiger charge is 2.30. The van der Waals surface area contributed by atoms with E-state index in [0.717, 1.165) is 53.0 Å². The zero-order valence-electron chi connectivity index (χ0n) is 19.0. The molecule has 0 amide bonds. The van der Waals surface area contributed by atoms with Gasteiger partial charge in [0.2, 0.25) is 0 Å². The number of aromatic hydroxyl groups is 1. The average molecular weight is 475 g/mol. The molecule has 2 aliphatic heterocycles. The van der Waals surface area contributed by atoms with Gasteiger partial charge in [0, 0.05) is 66.0 Å². The fraction of sp³-hybridized carbons (Fsp3) is 0.250. The standard InChI is InChI=1S/C28H24F2N2O3/c29-13-17-15-32(16-17)9-10-34-21-5-1-18(2-6-21)28-27-23-8-4-20(33)12-25(23)31-14-24(27)22-7-3-19(30)11-26(22)35-28/h1-8,11-12,14,17,28,33H,9-10,13,15-16H2. The van der Waals surface area contributed by atoms with E-state index in [1.807, 2.05) is 30.3 Å². The van der Waals surface area contributed by atoms with Gasteiger partial charge in [-0.15, -0.1) is 0 Å². The SMILES string of the molecule is Oc1ccc2c3c(cnc2c1)-c1ccc(F)cc1OC3c1ccc(OCCN2CC(CF)C2)cc1. The van der Waals surface area contributed by atoms with E-state index in [-0.39, 0.29) is 24.2 Å². The summed E-state index contributed by atoms with van der Waals surface area (Å²) in [6.07, 6.45) is 1.27. The maximum Gasteiger partial charge on any atom is 0.150 e. The Hall–Kier alpha value is -3.71. The fourth-order valence-corrected chi connectivity index (χ4v) is 4.93. The van der Waals surface area contributed by atoms with Gasteiger partial charge in [-0.05, 0) is 42.0 Å². The molecule has 35 heavy (non-hydrogen) atoms. The van der Waals surface area contributed by atoms with E-state index in [0.29, 0.717) is 17.9 Å². The van der Waals surface area contributed by atoms with Gasteiger partial charge >= 0.3 is 0 Å². The van der Waals surface area contributed by atoms with Crippen LogP contribution < -0.4 is 9.47 Å². The van der Waals surface area contributed by atoms with Crippen molar-refractivity contribution in [3.63, 3.8) is 0 Å². The predicted octanol–water partition coefficient (Wildman–Crippen LogP) is 5.51. The summed E-state index contributed by atoms with van der Waals surface area (Å²) < 4.78 is 38.9. The Morgan fingerprint density at radius 3 is 2.66 bits per heavy atom. The van der Waals surface area contributed by atoms with E-state index >= 15 is 0 Å². The molecule has 1 N–H and O–H groups in total. The van der Waals surface area contributed by atoms with Crippen LogP contribution in [0.1, 0.15) is 17.2 Å². The molecule has 0 spiro atoms. The first kappa shape index (κ1) is 21.8. The Labute approximate surface area is 201 Å². The molecule has 6 rings (SSSR count). The summed E-state index contributed by atoms with van der Waals surface area (Å²) in [7, 11) is 0. The van der Waals surface area contributed by atoms with Gasteiger partial charge in [0.1, 0.15) is 29.7 Å². The minimum absolute atomic E-state index is 0.139. The lowest BCUT2D eigenvalue weighted by Crippen LogP contribution is -2.49. The van der Waals surface area contributed by atoms with Crippen LogP contribution in [0.4, 0.5) is 8.78 Å². The van der Waals surface area contributed by atoms with Crippen LogP contribution in [0.2, 0.25) is 0 Å². The third-order valence-corrected chi connectivity index (χ3v) is 6.75. The Balaban J connectivity index is 1.30. The molecule has 3 heterocycles. The van der Waals surface area contributed by atoms with Crippen LogP contribution in [0, 0.1) is 11.7 Å². The highest BCUT2D eigenvalue weighted by atomic mass is 19.1. The number of fused-ring (bicyclic) bond motifs is 5. The van der Waals surface area contributed by atoms with Crippen molar-refractivity contribution in [2.75, 3.05) is 32.9 Å². The number of pyridine rings is 1. The monoisotopic (exact) mass is 474 g/mol. The van der Waals surface area contributed by atoms with Crippen LogP contribution in [-0.2, 0) is 0 Å². The second kappa shape index (κ2) is 8.82. The van der Waals surface area contributed by atoms with Gasteiger partial charge in [0.05, 0.1) is 12.2 Å². The molecule has 1 aromatic heterocycles. The lowest BCUT2D eigenvalue weighted by molar-refractivity contribution is 0.0668. The zero-order chi connectivity index (χ0) is 23.9. The highest BCUT2D eigenvalue weighted by Crippen LogP contribution is 2.47. The van der Waals surface area contributed by atoms with Crippen molar-refractivity contribution in [3.8, 4) is 28.4 Å². The van der Waals surface area contributed by atoms with Crippen molar-refractivity contribution in [1.82, 2.24) is 9.88 Å². The van der Waals surface area contributed by atoms with E-state index in [2.05, 4.69) is 9.88 Å². The lowest BCUT2D eigenvalue weighted by Gasteiger charge is -2.37. The van der Waals surface area contributed by atoms with Crippen molar-refractivity contribution in [1.29, 1.82) is 0 Å². The second-order valence-electron chi connectivity index (χ2n) is 9.12. The first-order valence-electron chi connectivity index (χ1n) is 11.7. The number of phenolic OH excluding ortho intramolecular Hbond substituents is 1. The largest absolute Gasteiger partial charge is 0.508 e. The van der Waals surface area contributed by atoms with Crippen molar-refractivity contribution >= 4 is 10.9 Å². The molecule has 0 radical (unpaired) electrons. The van der Waals surface area contributed by atoms with Gasteiger partial charge in [-0.1, -0.05) is 12.1 Å². The van der Waals surface area contributed by atoms with Gasteiger partial charge in [-0.3, -0.25) is 14.3 Å². The molecule has 5 nitrogen and oxygen atoms in total. The van der Waals surface area contributed by atoms with Gasteiger partial charge in [-0.2, -0.15) is 0 Å². The number of nitrogens with zero attached hydrogens (tertiary/aromatic N) is 2. The minimum Gasteiger partial charge on any atom is -0.508 e. The molecule has 178 valence electrons. The Morgan fingerprint density at radius 2 is 1.86 bits per heavy atom. The Kier molecular flexibility index (Phi) is 5.49. The summed E-state index contributed by atoms with van der Waals surface area (Å²) in [5.41, 5.74) is 4.12. The third-order valence-electron chi connectivity index (χ3n) is 6.75. The maximum absolute atomic E-state index is 14.0. The summed E-state index contributed by atoms with van der Waals surface area (Å²) in [5.74, 6) is 1.14. The summed E-state index contributed by atoms with van der Waals surface area (Å²) in [4.78, 5) is 6.71. The molecular weight excluding hydrogens is 450 g/mol. The molecule has 0 aliphatic carbocycles. The Morgan fingerprint density at radius 1 is 1.03 bits per heavy atom. The first-order valence-corrected chi connectivity index (χ1v) is 11.7. The number of hydrogen-bond donors (Lipinski definition) is 1. The smallest absolute Gasteiger partial charge is 0.150 e. The molecule has 0 saturated carbocycles. The molecule has 1 fully saturated rings. The van der Waals surface area contributed by atoms with Crippen LogP contribution in [-0.4, -0.2) is 47.9 Å². The molecule has 2 aliphatic rings. The van der Waals surface area contributed by atoms with Gasteiger partial charge < -0.3 is 14.6 Å². The molecular formula is C28H24F2N2O3. The summed E-state index contributed by atoms with van der Waals surface area (Å²) >= 11 is 0. The number of likely N-dealkylation sites (tertiary alicyclic amines) is 1. The van der Waals surface area contributed by atoms with Gasteiger partial charge in [0.15, 0.2) is 6.10 Å². The molecule has 0 bridgehead atoms. The molecule has 4 aromatic rings. The Bertz CT molecular complexity index is 1390. The average Bonchev–Trinajstić information content (AvgIpc) is 2.84. The molecule has 1 saturated heterocycles. The number of hydrogen-bond acceptors (Lipinski definition) is 5. The molecule has 1 unspecified atom stereocenters. The summed E-state index contributed by atoms with van der Waals surface area (Å²) in [6, 6.07) is 17.3. The molecule has 3 aromatic carbocycles. The van der Waals surface area contributed by atoms with E-state index in [4.69, 9.17) is 9.47 Å². The lowest BCUT2D eigenvalue weighted by atomic mass is 9.88. The maximum atomic E-state index is 14.0. The van der Waals surface area contributed by atoms with Crippen LogP contribution in [0.15, 0.2) is 66.9 Å². The van der Waals surface area contributed by atoms with E-state index in [1.54, 1.807) is 24.4 Å². The second-order valence-corrected chi connectivity index (χ2v) is 9.12. The number of ether oxygens (including phenoxy) is 2. The van der Waals surface area contributed by atoms with Gasteiger partial charge in [0.25, 0.3) is 0 Å². The minimum atomic E-state index is -0.484. The zero-order valence-corrected chi connectivity index (χ0v) is 19.0. The van der Waals surface area contributed by atoms with Crippen LogP contribution >= 0.6 is 0 Å². The predicted molar refractivity (Wildman–Crippen MR) is 129 cm³/mol. The number of phenols is 1. The summed E-state index contributed by atoms with van der Waals surface area (Å²) in [6.45, 7) is 2.63. The summed E-state index contributed by atoms with van der Waals surface area (Å²) in [5, 5.41) is 10.8. The van der Waals surface area contributed by atoms with E-state index < -0.39 is 6.10 Å². The van der Waals surface area contributed by atoms with Crippen molar-refractivity contribution in [3.05, 3.63) is 83.8 Å². The normalized spacial score (nSPS) is 17.4. The first-order chi connectivity index (χ1) is 17.1. The number of rotatable bonds is 6. The number of benzene rings is 3. The van der Waals surface area contributed by atoms with E-state index in [1.165, 1.54) is 12.1 Å². The number of alkyl halides is 1. The van der Waals surface area contributed by atoms with Crippen LogP contribution in [0.3, 0.4) is 0 Å². The van der Waals surface area contributed by atoms with Gasteiger partial charge in [-0.25, -0.2) is 4.39 Å². The number of aromatic nitrogens is 1. The van der Waals surface area contributed by atoms with Crippen molar-refractivity contribution in [2.24, 2.45) is 5.92 Å². The van der Waals surface area contributed by atoms with Crippen molar-refractivity contribution in [2.45, 2.75) is 6.10 Å².